The van der Waals surface area contributed by atoms with E-state index in [1.165, 1.54) is 35.0 Å². The van der Waals surface area contributed by atoms with Gasteiger partial charge in [-0.3, -0.25) is 14.2 Å². The zero-order valence-corrected chi connectivity index (χ0v) is 19.8. The number of halogens is 1. The number of benzene rings is 2. The summed E-state index contributed by atoms with van der Waals surface area (Å²) >= 11 is 2.77. The molecule has 2 heterocycles. The molecule has 0 atom stereocenters. The number of thiophene rings is 1. The first-order valence-electron chi connectivity index (χ1n) is 10.9. The number of hydrazone groups is 1. The highest BCUT2D eigenvalue weighted by atomic mass is 32.2. The third kappa shape index (κ3) is 4.67. The van der Waals surface area contributed by atoms with E-state index in [1.54, 1.807) is 28.0 Å². The Morgan fingerprint density at radius 1 is 1.18 bits per heavy atom. The number of thioether (sulfide) groups is 1. The number of carbonyl (C=O) groups is 1. The smallest absolute Gasteiger partial charge is 0.267 e. The Hall–Kier alpha value is -3.30. The van der Waals surface area contributed by atoms with Crippen molar-refractivity contribution in [3.05, 3.63) is 86.8 Å². The number of nitrogens with one attached hydrogen (secondary N) is 1. The van der Waals surface area contributed by atoms with E-state index in [4.69, 9.17) is 4.98 Å². The Kier molecular flexibility index (Phi) is 6.55. The fourth-order valence-corrected chi connectivity index (χ4v) is 6.12. The number of hydrogen-bond acceptors (Lipinski definition) is 6. The summed E-state index contributed by atoms with van der Waals surface area (Å²) in [6.07, 6.45) is 5.47. The Balaban J connectivity index is 1.42. The van der Waals surface area contributed by atoms with Crippen molar-refractivity contribution in [1.82, 2.24) is 15.0 Å². The largest absolute Gasteiger partial charge is 0.272 e. The van der Waals surface area contributed by atoms with Gasteiger partial charge in [0.2, 0.25) is 0 Å². The molecule has 1 N–H and O–H groups in total. The van der Waals surface area contributed by atoms with Crippen molar-refractivity contribution >= 4 is 45.4 Å². The maximum absolute atomic E-state index is 13.6. The Morgan fingerprint density at radius 3 is 2.82 bits per heavy atom. The molecular weight excluding hydrogens is 471 g/mol. The molecule has 1 amide bonds. The van der Waals surface area contributed by atoms with Gasteiger partial charge >= 0.3 is 0 Å². The highest BCUT2D eigenvalue weighted by molar-refractivity contribution is 7.99. The molecule has 172 valence electrons. The van der Waals surface area contributed by atoms with Crippen LogP contribution in [-0.4, -0.2) is 27.4 Å². The van der Waals surface area contributed by atoms with Gasteiger partial charge in [0.1, 0.15) is 10.6 Å². The van der Waals surface area contributed by atoms with Gasteiger partial charge in [-0.05, 0) is 61.1 Å². The number of aromatic nitrogens is 2. The van der Waals surface area contributed by atoms with Crippen molar-refractivity contribution in [2.75, 3.05) is 5.75 Å². The van der Waals surface area contributed by atoms with Gasteiger partial charge in [-0.2, -0.15) is 5.10 Å². The van der Waals surface area contributed by atoms with Crippen molar-refractivity contribution in [3.63, 3.8) is 0 Å². The normalized spacial score (nSPS) is 13.3. The summed E-state index contributed by atoms with van der Waals surface area (Å²) in [6, 6.07) is 15.3. The lowest BCUT2D eigenvalue weighted by molar-refractivity contribution is -0.118. The first kappa shape index (κ1) is 22.5. The molecule has 0 fully saturated rings. The van der Waals surface area contributed by atoms with Gasteiger partial charge in [-0.15, -0.1) is 11.3 Å². The highest BCUT2D eigenvalue weighted by Gasteiger charge is 2.23. The lowest BCUT2D eigenvalue weighted by atomic mass is 9.97. The van der Waals surface area contributed by atoms with Crippen molar-refractivity contribution < 1.29 is 9.18 Å². The maximum Gasteiger partial charge on any atom is 0.267 e. The Bertz CT molecular complexity index is 1450. The summed E-state index contributed by atoms with van der Waals surface area (Å²) in [5.74, 6) is -0.699. The molecule has 0 radical (unpaired) electrons. The average molecular weight is 493 g/mol. The van der Waals surface area contributed by atoms with E-state index in [0.29, 0.717) is 21.8 Å². The van der Waals surface area contributed by atoms with Crippen LogP contribution < -0.4 is 11.0 Å². The summed E-state index contributed by atoms with van der Waals surface area (Å²) < 4.78 is 14.9. The van der Waals surface area contributed by atoms with Crippen LogP contribution in [0, 0.1) is 5.82 Å². The van der Waals surface area contributed by atoms with Crippen molar-refractivity contribution in [2.45, 2.75) is 30.8 Å². The van der Waals surface area contributed by atoms with Crippen LogP contribution in [0.3, 0.4) is 0 Å². The lowest BCUT2D eigenvalue weighted by Gasteiger charge is -2.13. The Labute approximate surface area is 203 Å². The third-order valence-corrected chi connectivity index (χ3v) is 7.68. The van der Waals surface area contributed by atoms with E-state index in [-0.39, 0.29) is 23.0 Å². The fraction of sp³-hybridized carbons (Fsp3) is 0.200. The van der Waals surface area contributed by atoms with Gasteiger partial charge in [-0.1, -0.05) is 42.1 Å². The SMILES string of the molecule is O=C(CSc1nc2sc3c(c2c(=O)n1-c1ccccc1)CCCC3)N/N=C/c1cccc(F)c1. The van der Waals surface area contributed by atoms with Gasteiger partial charge in [-0.25, -0.2) is 14.8 Å². The van der Waals surface area contributed by atoms with E-state index in [1.807, 2.05) is 30.3 Å². The van der Waals surface area contributed by atoms with Gasteiger partial charge in [0.05, 0.1) is 23.0 Å². The molecule has 1 aliphatic rings. The van der Waals surface area contributed by atoms with E-state index in [9.17, 15) is 14.0 Å². The summed E-state index contributed by atoms with van der Waals surface area (Å²) in [4.78, 5) is 32.8. The number of amides is 1. The maximum atomic E-state index is 13.6. The molecule has 0 saturated heterocycles. The predicted molar refractivity (Wildman–Crippen MR) is 135 cm³/mol. The molecule has 0 bridgehead atoms. The second-order valence-corrected chi connectivity index (χ2v) is 9.92. The van der Waals surface area contributed by atoms with Crippen LogP contribution in [-0.2, 0) is 17.6 Å². The molecule has 2 aromatic carbocycles. The van der Waals surface area contributed by atoms with Crippen molar-refractivity contribution in [1.29, 1.82) is 0 Å². The number of rotatable bonds is 6. The number of nitrogens with zero attached hydrogens (tertiary/aromatic N) is 3. The first-order chi connectivity index (χ1) is 16.6. The third-order valence-electron chi connectivity index (χ3n) is 5.56. The quantitative estimate of drug-likeness (QED) is 0.183. The molecule has 0 unspecified atom stereocenters. The number of fused-ring (bicyclic) bond motifs is 3. The van der Waals surface area contributed by atoms with E-state index >= 15 is 0 Å². The second-order valence-electron chi connectivity index (χ2n) is 7.90. The van der Waals surface area contributed by atoms with Crippen LogP contribution in [0.15, 0.2) is 69.6 Å². The highest BCUT2D eigenvalue weighted by Crippen LogP contribution is 2.35. The van der Waals surface area contributed by atoms with Crippen LogP contribution >= 0.6 is 23.1 Å². The molecule has 6 nitrogen and oxygen atoms in total. The number of carbonyl (C=O) groups excluding carboxylic acids is 1. The van der Waals surface area contributed by atoms with E-state index in [2.05, 4.69) is 10.5 Å². The van der Waals surface area contributed by atoms with Gasteiger partial charge in [0.25, 0.3) is 11.5 Å². The standard InChI is InChI=1S/C25H21FN4O2S2/c26-17-8-6-7-16(13-17)14-27-29-21(31)15-33-25-28-23-22(19-11-4-5-12-20(19)34-23)24(32)30(25)18-9-2-1-3-10-18/h1-3,6-10,13-14H,4-5,11-12,15H2,(H,29,31)/b27-14+. The fourth-order valence-electron chi connectivity index (χ4n) is 4.02. The zero-order valence-electron chi connectivity index (χ0n) is 18.2. The van der Waals surface area contributed by atoms with Crippen LogP contribution in [0.2, 0.25) is 0 Å². The lowest BCUT2D eigenvalue weighted by Crippen LogP contribution is -2.24. The number of aryl methyl sites for hydroxylation is 2. The summed E-state index contributed by atoms with van der Waals surface area (Å²) in [5.41, 5.74) is 4.74. The van der Waals surface area contributed by atoms with Crippen molar-refractivity contribution in [3.8, 4) is 5.69 Å². The van der Waals surface area contributed by atoms with Crippen LogP contribution in [0.1, 0.15) is 28.8 Å². The molecule has 0 spiro atoms. The molecule has 34 heavy (non-hydrogen) atoms. The molecule has 0 saturated carbocycles. The van der Waals surface area contributed by atoms with E-state index < -0.39 is 0 Å². The minimum absolute atomic E-state index is 0.0242. The molecule has 5 rings (SSSR count). The zero-order chi connectivity index (χ0) is 23.5. The van der Waals surface area contributed by atoms with Crippen LogP contribution in [0.5, 0.6) is 0 Å². The predicted octanol–water partition coefficient (Wildman–Crippen LogP) is 4.71. The average Bonchev–Trinajstić information content (AvgIpc) is 3.22. The first-order valence-corrected chi connectivity index (χ1v) is 12.7. The molecule has 1 aliphatic carbocycles. The molecular formula is C25H21FN4O2S2. The van der Waals surface area contributed by atoms with Gasteiger partial charge in [0, 0.05) is 4.88 Å². The summed E-state index contributed by atoms with van der Waals surface area (Å²) in [5, 5.41) is 5.07. The molecule has 0 aliphatic heterocycles. The van der Waals surface area contributed by atoms with Crippen molar-refractivity contribution in [2.24, 2.45) is 5.10 Å². The second kappa shape index (κ2) is 9.90. The van der Waals surface area contributed by atoms with Crippen LogP contribution in [0.4, 0.5) is 4.39 Å². The minimum Gasteiger partial charge on any atom is -0.272 e. The summed E-state index contributed by atoms with van der Waals surface area (Å²) in [7, 11) is 0. The topological polar surface area (TPSA) is 76.3 Å². The summed E-state index contributed by atoms with van der Waals surface area (Å²) in [6.45, 7) is 0. The molecule has 4 aromatic rings. The monoisotopic (exact) mass is 492 g/mol. The number of para-hydroxylation sites is 1. The van der Waals surface area contributed by atoms with Gasteiger partial charge < -0.3 is 0 Å². The Morgan fingerprint density at radius 2 is 2.00 bits per heavy atom. The molecule has 9 heteroatoms. The molecule has 2 aromatic heterocycles. The van der Waals surface area contributed by atoms with Crippen LogP contribution in [0.25, 0.3) is 15.9 Å². The van der Waals surface area contributed by atoms with Gasteiger partial charge in [0.15, 0.2) is 5.16 Å². The van der Waals surface area contributed by atoms with E-state index in [0.717, 1.165) is 36.1 Å². The minimum atomic E-state index is -0.374. The number of hydrogen-bond donors (Lipinski definition) is 1.